The van der Waals surface area contributed by atoms with Gasteiger partial charge in [0.05, 0.1) is 19.3 Å². The van der Waals surface area contributed by atoms with Crippen molar-refractivity contribution in [2.45, 2.75) is 26.3 Å². The molecule has 0 fully saturated rings. The fourth-order valence-corrected chi connectivity index (χ4v) is 1.90. The van der Waals surface area contributed by atoms with Crippen LogP contribution in [0.3, 0.4) is 0 Å². The van der Waals surface area contributed by atoms with Crippen molar-refractivity contribution in [1.82, 2.24) is 4.90 Å². The van der Waals surface area contributed by atoms with E-state index in [4.69, 9.17) is 10.5 Å². The van der Waals surface area contributed by atoms with Gasteiger partial charge in [0.15, 0.2) is 0 Å². The Balaban J connectivity index is 2.42. The highest BCUT2D eigenvalue weighted by Gasteiger charge is 2.13. The standard InChI is InChI=1S/C16H27N3O2/c1-12(2)13(17)9-10-19(3)16(20)11-18-14-7-5-6-8-15(14)21-4/h5-8,12-13,18H,9-11,17H2,1-4H3. The highest BCUT2D eigenvalue weighted by Crippen LogP contribution is 2.22. The summed E-state index contributed by atoms with van der Waals surface area (Å²) < 4.78 is 5.24. The van der Waals surface area contributed by atoms with Crippen molar-refractivity contribution in [3.05, 3.63) is 24.3 Å². The molecule has 5 heteroatoms. The van der Waals surface area contributed by atoms with Crippen LogP contribution in [0.4, 0.5) is 5.69 Å². The fraction of sp³-hybridized carbons (Fsp3) is 0.562. The fourth-order valence-electron chi connectivity index (χ4n) is 1.90. The molecule has 118 valence electrons. The molecule has 1 aromatic carbocycles. The summed E-state index contributed by atoms with van der Waals surface area (Å²) in [5.74, 6) is 1.20. The third kappa shape index (κ3) is 5.63. The van der Waals surface area contributed by atoms with E-state index in [1.165, 1.54) is 0 Å². The van der Waals surface area contributed by atoms with E-state index in [-0.39, 0.29) is 18.5 Å². The maximum absolute atomic E-state index is 12.1. The molecule has 0 saturated heterocycles. The summed E-state index contributed by atoms with van der Waals surface area (Å²) in [6, 6.07) is 7.67. The van der Waals surface area contributed by atoms with Crippen molar-refractivity contribution in [3.63, 3.8) is 0 Å². The van der Waals surface area contributed by atoms with E-state index in [9.17, 15) is 4.79 Å². The number of benzene rings is 1. The monoisotopic (exact) mass is 293 g/mol. The molecule has 0 aliphatic heterocycles. The summed E-state index contributed by atoms with van der Waals surface area (Å²) >= 11 is 0. The number of hydrogen-bond donors (Lipinski definition) is 2. The van der Waals surface area contributed by atoms with Gasteiger partial charge in [-0.1, -0.05) is 26.0 Å². The number of rotatable bonds is 8. The number of nitrogens with two attached hydrogens (primary N) is 1. The van der Waals surface area contributed by atoms with Crippen LogP contribution < -0.4 is 15.8 Å². The Labute approximate surface area is 127 Å². The topological polar surface area (TPSA) is 67.6 Å². The molecule has 0 aromatic heterocycles. The molecule has 0 saturated carbocycles. The van der Waals surface area contributed by atoms with Crippen LogP contribution in [-0.2, 0) is 4.79 Å². The van der Waals surface area contributed by atoms with E-state index in [0.29, 0.717) is 12.5 Å². The van der Waals surface area contributed by atoms with Gasteiger partial charge in [-0.25, -0.2) is 0 Å². The molecule has 0 bridgehead atoms. The second kappa shape index (κ2) is 8.52. The van der Waals surface area contributed by atoms with Crippen LogP contribution in [0.1, 0.15) is 20.3 Å². The summed E-state index contributed by atoms with van der Waals surface area (Å²) in [6.07, 6.45) is 0.814. The van der Waals surface area contributed by atoms with Crippen LogP contribution >= 0.6 is 0 Å². The number of anilines is 1. The third-order valence-corrected chi connectivity index (χ3v) is 3.62. The Morgan fingerprint density at radius 2 is 2.05 bits per heavy atom. The SMILES string of the molecule is COc1ccccc1NCC(=O)N(C)CCC(N)C(C)C. The first-order chi connectivity index (χ1) is 9.95. The number of nitrogens with one attached hydrogen (secondary N) is 1. The van der Waals surface area contributed by atoms with E-state index in [2.05, 4.69) is 19.2 Å². The number of amides is 1. The van der Waals surface area contributed by atoms with Crippen molar-refractivity contribution >= 4 is 11.6 Å². The minimum Gasteiger partial charge on any atom is -0.495 e. The zero-order chi connectivity index (χ0) is 15.8. The average molecular weight is 293 g/mol. The van der Waals surface area contributed by atoms with Gasteiger partial charge >= 0.3 is 0 Å². The summed E-state index contributed by atoms with van der Waals surface area (Å²) in [7, 11) is 3.42. The minimum atomic E-state index is 0.0388. The first kappa shape index (κ1) is 17.3. The van der Waals surface area contributed by atoms with Gasteiger partial charge in [0.2, 0.25) is 5.91 Å². The molecule has 0 radical (unpaired) electrons. The van der Waals surface area contributed by atoms with Crippen LogP contribution in [0.2, 0.25) is 0 Å². The van der Waals surface area contributed by atoms with Gasteiger partial charge in [-0.05, 0) is 24.5 Å². The predicted molar refractivity (Wildman–Crippen MR) is 86.6 cm³/mol. The minimum absolute atomic E-state index is 0.0388. The molecule has 21 heavy (non-hydrogen) atoms. The molecule has 3 N–H and O–H groups in total. The lowest BCUT2D eigenvalue weighted by Gasteiger charge is -2.22. The van der Waals surface area contributed by atoms with Crippen LogP contribution in [0.15, 0.2) is 24.3 Å². The van der Waals surface area contributed by atoms with Gasteiger partial charge in [-0.15, -0.1) is 0 Å². The number of carbonyl (C=O) groups is 1. The molecule has 0 aliphatic carbocycles. The predicted octanol–water partition coefficient (Wildman–Crippen LogP) is 1.94. The van der Waals surface area contributed by atoms with Gasteiger partial charge in [0.25, 0.3) is 0 Å². The van der Waals surface area contributed by atoms with E-state index < -0.39 is 0 Å². The summed E-state index contributed by atoms with van der Waals surface area (Å²) in [5.41, 5.74) is 6.82. The molecule has 1 atom stereocenters. The number of ether oxygens (including phenoxy) is 1. The second-order valence-corrected chi connectivity index (χ2v) is 5.57. The number of para-hydroxylation sites is 2. The highest BCUT2D eigenvalue weighted by atomic mass is 16.5. The molecule has 0 spiro atoms. The number of likely N-dealkylation sites (N-methyl/N-ethyl adjacent to an activating group) is 1. The van der Waals surface area contributed by atoms with Crippen molar-refractivity contribution in [3.8, 4) is 5.75 Å². The Bertz CT molecular complexity index is 449. The molecule has 1 aromatic rings. The molecule has 0 heterocycles. The van der Waals surface area contributed by atoms with Crippen LogP contribution in [0, 0.1) is 5.92 Å². The van der Waals surface area contributed by atoms with Crippen molar-refractivity contribution < 1.29 is 9.53 Å². The molecular formula is C16H27N3O2. The van der Waals surface area contributed by atoms with Crippen LogP contribution in [0.5, 0.6) is 5.75 Å². The van der Waals surface area contributed by atoms with E-state index in [0.717, 1.165) is 17.9 Å². The number of carbonyl (C=O) groups excluding carboxylic acids is 1. The first-order valence-corrected chi connectivity index (χ1v) is 7.32. The van der Waals surface area contributed by atoms with Gasteiger partial charge in [0.1, 0.15) is 5.75 Å². The molecule has 0 aliphatic rings. The maximum Gasteiger partial charge on any atom is 0.241 e. The maximum atomic E-state index is 12.1. The summed E-state index contributed by atoms with van der Waals surface area (Å²) in [4.78, 5) is 13.8. The Hall–Kier alpha value is -1.75. The lowest BCUT2D eigenvalue weighted by Crippen LogP contribution is -2.37. The van der Waals surface area contributed by atoms with Crippen molar-refractivity contribution in [2.75, 3.05) is 32.6 Å². The van der Waals surface area contributed by atoms with Crippen LogP contribution in [0.25, 0.3) is 0 Å². The molecular weight excluding hydrogens is 266 g/mol. The van der Waals surface area contributed by atoms with Gasteiger partial charge in [0, 0.05) is 19.6 Å². The second-order valence-electron chi connectivity index (χ2n) is 5.57. The molecule has 5 nitrogen and oxygen atoms in total. The van der Waals surface area contributed by atoms with E-state index in [1.54, 1.807) is 19.1 Å². The van der Waals surface area contributed by atoms with Gasteiger partial charge in [-0.2, -0.15) is 0 Å². The summed E-state index contributed by atoms with van der Waals surface area (Å²) in [5, 5.41) is 3.11. The van der Waals surface area contributed by atoms with Crippen LogP contribution in [-0.4, -0.2) is 44.1 Å². The zero-order valence-electron chi connectivity index (χ0n) is 13.4. The molecule has 1 amide bonds. The Kier molecular flexibility index (Phi) is 7.02. The number of hydrogen-bond acceptors (Lipinski definition) is 4. The van der Waals surface area contributed by atoms with E-state index >= 15 is 0 Å². The smallest absolute Gasteiger partial charge is 0.241 e. The highest BCUT2D eigenvalue weighted by molar-refractivity contribution is 5.81. The largest absolute Gasteiger partial charge is 0.495 e. The molecule has 1 rings (SSSR count). The third-order valence-electron chi connectivity index (χ3n) is 3.62. The average Bonchev–Trinajstić information content (AvgIpc) is 2.49. The summed E-state index contributed by atoms with van der Waals surface area (Å²) in [6.45, 7) is 5.10. The number of nitrogens with zero attached hydrogens (tertiary/aromatic N) is 1. The molecule has 1 unspecified atom stereocenters. The van der Waals surface area contributed by atoms with Crippen molar-refractivity contribution in [1.29, 1.82) is 0 Å². The van der Waals surface area contributed by atoms with Gasteiger partial charge < -0.3 is 20.7 Å². The lowest BCUT2D eigenvalue weighted by atomic mass is 10.0. The normalized spacial score (nSPS) is 12.1. The van der Waals surface area contributed by atoms with Crippen molar-refractivity contribution in [2.24, 2.45) is 11.7 Å². The zero-order valence-corrected chi connectivity index (χ0v) is 13.4. The number of methoxy groups -OCH3 is 1. The Morgan fingerprint density at radius 1 is 1.38 bits per heavy atom. The van der Waals surface area contributed by atoms with E-state index in [1.807, 2.05) is 24.3 Å². The first-order valence-electron chi connectivity index (χ1n) is 7.32. The quantitative estimate of drug-likeness (QED) is 0.768. The Morgan fingerprint density at radius 3 is 2.67 bits per heavy atom. The lowest BCUT2D eigenvalue weighted by molar-refractivity contribution is -0.128. The van der Waals surface area contributed by atoms with Gasteiger partial charge in [-0.3, -0.25) is 4.79 Å².